The molecule has 0 aromatic heterocycles. The molecule has 0 bridgehead atoms. The highest BCUT2D eigenvalue weighted by Crippen LogP contribution is 2.24. The lowest BCUT2D eigenvalue weighted by molar-refractivity contribution is 0.102. The summed E-state index contributed by atoms with van der Waals surface area (Å²) in [6.07, 6.45) is 0. The van der Waals surface area contributed by atoms with Gasteiger partial charge in [0.15, 0.2) is 0 Å². The molecule has 1 amide bonds. The third kappa shape index (κ3) is 3.61. The van der Waals surface area contributed by atoms with Crippen molar-refractivity contribution in [2.45, 2.75) is 26.3 Å². The molecule has 0 heterocycles. The van der Waals surface area contributed by atoms with Crippen LogP contribution in [0.4, 0.5) is 5.69 Å². The van der Waals surface area contributed by atoms with Gasteiger partial charge in [0.2, 0.25) is 0 Å². The van der Waals surface area contributed by atoms with Crippen molar-refractivity contribution in [1.29, 1.82) is 0 Å². The lowest BCUT2D eigenvalue weighted by Crippen LogP contribution is -2.12. The number of anilines is 1. The Hall–Kier alpha value is -2.33. The van der Waals surface area contributed by atoms with Gasteiger partial charge < -0.3 is 16.2 Å². The fraction of sp³-hybridized carbons (Fsp3) is 0.235. The number of phenols is 1. The number of carbonyl (C=O) groups excluding carboxylic acids is 1. The maximum absolute atomic E-state index is 12.2. The molecule has 2 rings (SSSR count). The minimum atomic E-state index is -0.330. The Balaban J connectivity index is 2.16. The third-order valence-corrected chi connectivity index (χ3v) is 3.38. The highest BCUT2D eigenvalue weighted by Gasteiger charge is 2.12. The standard InChI is InChI=1S/C17H20N2O2/c1-11(2)13-5-8-15(16(20)9-13)17(21)19-14-6-3-12(10-18)4-7-14/h3-9,11,20H,10,18H2,1-2H3,(H,19,21). The first-order valence-electron chi connectivity index (χ1n) is 6.94. The molecule has 0 atom stereocenters. The molecule has 0 saturated heterocycles. The Morgan fingerprint density at radius 3 is 2.38 bits per heavy atom. The Bertz CT molecular complexity index is 634. The number of aromatic hydroxyl groups is 1. The lowest BCUT2D eigenvalue weighted by Gasteiger charge is -2.10. The van der Waals surface area contributed by atoms with Gasteiger partial charge in [-0.2, -0.15) is 0 Å². The van der Waals surface area contributed by atoms with Crippen LogP contribution in [-0.2, 0) is 6.54 Å². The highest BCUT2D eigenvalue weighted by molar-refractivity contribution is 6.06. The van der Waals surface area contributed by atoms with Gasteiger partial charge in [0.1, 0.15) is 5.75 Å². The van der Waals surface area contributed by atoms with E-state index in [0.717, 1.165) is 11.1 Å². The zero-order chi connectivity index (χ0) is 15.4. The first-order valence-corrected chi connectivity index (χ1v) is 6.94. The predicted octanol–water partition coefficient (Wildman–Crippen LogP) is 3.23. The Morgan fingerprint density at radius 2 is 1.86 bits per heavy atom. The van der Waals surface area contributed by atoms with Crippen LogP contribution in [0.15, 0.2) is 42.5 Å². The minimum Gasteiger partial charge on any atom is -0.507 e. The number of phenolic OH excluding ortho intramolecular Hbond substituents is 1. The fourth-order valence-electron chi connectivity index (χ4n) is 2.02. The van der Waals surface area contributed by atoms with Gasteiger partial charge in [0, 0.05) is 12.2 Å². The molecule has 4 heteroatoms. The average molecular weight is 284 g/mol. The van der Waals surface area contributed by atoms with Crippen molar-refractivity contribution in [3.63, 3.8) is 0 Å². The zero-order valence-corrected chi connectivity index (χ0v) is 12.3. The van der Waals surface area contributed by atoms with Crippen molar-refractivity contribution >= 4 is 11.6 Å². The molecule has 4 nitrogen and oxygen atoms in total. The molecule has 21 heavy (non-hydrogen) atoms. The predicted molar refractivity (Wildman–Crippen MR) is 84.5 cm³/mol. The number of nitrogens with two attached hydrogens (primary N) is 1. The molecule has 0 spiro atoms. The van der Waals surface area contributed by atoms with Crippen LogP contribution >= 0.6 is 0 Å². The average Bonchev–Trinajstić information content (AvgIpc) is 2.47. The largest absolute Gasteiger partial charge is 0.507 e. The Labute approximate surface area is 124 Å². The number of carbonyl (C=O) groups is 1. The van der Waals surface area contributed by atoms with Crippen molar-refractivity contribution < 1.29 is 9.90 Å². The molecular weight excluding hydrogens is 264 g/mol. The molecule has 0 aliphatic rings. The van der Waals surface area contributed by atoms with Gasteiger partial charge in [0.25, 0.3) is 5.91 Å². The van der Waals surface area contributed by atoms with Crippen molar-refractivity contribution in [1.82, 2.24) is 0 Å². The van der Waals surface area contributed by atoms with Crippen LogP contribution in [0.25, 0.3) is 0 Å². The van der Waals surface area contributed by atoms with Crippen molar-refractivity contribution in [2.75, 3.05) is 5.32 Å². The summed E-state index contributed by atoms with van der Waals surface area (Å²) in [5, 5.41) is 12.8. The SMILES string of the molecule is CC(C)c1ccc(C(=O)Nc2ccc(CN)cc2)c(O)c1. The normalized spacial score (nSPS) is 10.7. The number of hydrogen-bond donors (Lipinski definition) is 3. The van der Waals surface area contributed by atoms with E-state index in [-0.39, 0.29) is 17.2 Å². The van der Waals surface area contributed by atoms with Gasteiger partial charge >= 0.3 is 0 Å². The van der Waals surface area contributed by atoms with Gasteiger partial charge in [-0.25, -0.2) is 0 Å². The molecular formula is C17H20N2O2. The molecule has 110 valence electrons. The Morgan fingerprint density at radius 1 is 1.19 bits per heavy atom. The molecule has 0 fully saturated rings. The summed E-state index contributed by atoms with van der Waals surface area (Å²) in [5.41, 5.74) is 8.46. The second kappa shape index (κ2) is 6.41. The maximum Gasteiger partial charge on any atom is 0.259 e. The van der Waals surface area contributed by atoms with Crippen LogP contribution in [0.3, 0.4) is 0 Å². The number of rotatable bonds is 4. The van der Waals surface area contributed by atoms with E-state index >= 15 is 0 Å². The highest BCUT2D eigenvalue weighted by atomic mass is 16.3. The van der Waals surface area contributed by atoms with E-state index in [0.29, 0.717) is 18.2 Å². The van der Waals surface area contributed by atoms with E-state index in [1.54, 1.807) is 24.3 Å². The number of amides is 1. The van der Waals surface area contributed by atoms with Crippen molar-refractivity contribution in [3.05, 3.63) is 59.2 Å². The molecule has 0 unspecified atom stereocenters. The Kier molecular flexibility index (Phi) is 4.60. The van der Waals surface area contributed by atoms with E-state index in [1.807, 2.05) is 32.0 Å². The lowest BCUT2D eigenvalue weighted by atomic mass is 10.0. The van der Waals surface area contributed by atoms with Crippen LogP contribution < -0.4 is 11.1 Å². The van der Waals surface area contributed by atoms with E-state index in [9.17, 15) is 9.90 Å². The molecule has 0 aliphatic heterocycles. The maximum atomic E-state index is 12.2. The molecule has 2 aromatic rings. The van der Waals surface area contributed by atoms with Gasteiger partial charge in [-0.1, -0.05) is 32.0 Å². The number of benzene rings is 2. The quantitative estimate of drug-likeness (QED) is 0.807. The van der Waals surface area contributed by atoms with Crippen molar-refractivity contribution in [2.24, 2.45) is 5.73 Å². The number of hydrogen-bond acceptors (Lipinski definition) is 3. The van der Waals surface area contributed by atoms with E-state index in [1.165, 1.54) is 0 Å². The topological polar surface area (TPSA) is 75.4 Å². The van der Waals surface area contributed by atoms with E-state index in [2.05, 4.69) is 5.32 Å². The summed E-state index contributed by atoms with van der Waals surface area (Å²) in [5.74, 6) is -0.0302. The molecule has 0 aliphatic carbocycles. The summed E-state index contributed by atoms with van der Waals surface area (Å²) in [7, 11) is 0. The van der Waals surface area contributed by atoms with Gasteiger partial charge in [-0.15, -0.1) is 0 Å². The van der Waals surface area contributed by atoms with Gasteiger partial charge in [-0.3, -0.25) is 4.79 Å². The number of nitrogens with one attached hydrogen (secondary N) is 1. The van der Waals surface area contributed by atoms with Crippen LogP contribution in [0.2, 0.25) is 0 Å². The van der Waals surface area contributed by atoms with Gasteiger partial charge in [0.05, 0.1) is 5.56 Å². The summed E-state index contributed by atoms with van der Waals surface area (Å²) < 4.78 is 0. The third-order valence-electron chi connectivity index (χ3n) is 3.38. The van der Waals surface area contributed by atoms with Crippen LogP contribution in [-0.4, -0.2) is 11.0 Å². The van der Waals surface area contributed by atoms with Crippen LogP contribution in [0, 0.1) is 0 Å². The smallest absolute Gasteiger partial charge is 0.259 e. The molecule has 0 radical (unpaired) electrons. The van der Waals surface area contributed by atoms with Crippen molar-refractivity contribution in [3.8, 4) is 5.75 Å². The zero-order valence-electron chi connectivity index (χ0n) is 12.3. The monoisotopic (exact) mass is 284 g/mol. The molecule has 4 N–H and O–H groups in total. The summed E-state index contributed by atoms with van der Waals surface area (Å²) in [6, 6.07) is 12.4. The summed E-state index contributed by atoms with van der Waals surface area (Å²) in [4.78, 5) is 12.2. The first-order chi connectivity index (χ1) is 10.0. The molecule has 0 saturated carbocycles. The van der Waals surface area contributed by atoms with Crippen LogP contribution in [0.1, 0.15) is 41.3 Å². The van der Waals surface area contributed by atoms with Gasteiger partial charge in [-0.05, 0) is 41.3 Å². The van der Waals surface area contributed by atoms with E-state index in [4.69, 9.17) is 5.73 Å². The summed E-state index contributed by atoms with van der Waals surface area (Å²) in [6.45, 7) is 4.53. The summed E-state index contributed by atoms with van der Waals surface area (Å²) >= 11 is 0. The van der Waals surface area contributed by atoms with Crippen LogP contribution in [0.5, 0.6) is 5.75 Å². The fourth-order valence-corrected chi connectivity index (χ4v) is 2.02. The first kappa shape index (κ1) is 15.1. The minimum absolute atomic E-state index is 0.00252. The molecule has 2 aromatic carbocycles. The second-order valence-electron chi connectivity index (χ2n) is 5.29. The van der Waals surface area contributed by atoms with E-state index < -0.39 is 0 Å². The second-order valence-corrected chi connectivity index (χ2v) is 5.29.